The standard InChI is InChI=1S/C12H11O2P.C6H6F3N3/c13-15(14,11-7-3-1-4-8-11)12-9-5-2-6-10-12;7-6(8,9)4-1-2-5(10)12(11)3-4/h1-10H,(H,13,14);1-3,10H,11H2. The van der Waals surface area contributed by atoms with Crippen molar-refractivity contribution in [3.05, 3.63) is 84.6 Å². The molecule has 3 rings (SSSR count). The maximum Gasteiger partial charge on any atom is 0.419 e. The van der Waals surface area contributed by atoms with Crippen molar-refractivity contribution in [3.63, 3.8) is 0 Å². The molecule has 5 nitrogen and oxygen atoms in total. The highest BCUT2D eigenvalue weighted by Gasteiger charge is 2.32. The molecule has 1 aromatic heterocycles. The van der Waals surface area contributed by atoms with E-state index in [1.165, 1.54) is 0 Å². The lowest BCUT2D eigenvalue weighted by Crippen LogP contribution is -2.47. The zero-order chi connectivity index (χ0) is 20.1. The van der Waals surface area contributed by atoms with Crippen LogP contribution in [0.3, 0.4) is 0 Å². The van der Waals surface area contributed by atoms with Gasteiger partial charge < -0.3 is 9.46 Å². The second-order valence-corrected chi connectivity index (χ2v) is 7.61. The van der Waals surface area contributed by atoms with Gasteiger partial charge in [-0.15, -0.1) is 4.68 Å². The molecule has 0 unspecified atom stereocenters. The van der Waals surface area contributed by atoms with Gasteiger partial charge in [0.15, 0.2) is 0 Å². The Kier molecular flexibility index (Phi) is 6.25. The van der Waals surface area contributed by atoms with Gasteiger partial charge in [0.25, 0.3) is 5.82 Å². The number of aromatic nitrogens is 1. The lowest BCUT2D eigenvalue weighted by Gasteiger charge is -2.23. The summed E-state index contributed by atoms with van der Waals surface area (Å²) in [5.74, 6) is 5.18. The van der Waals surface area contributed by atoms with Crippen LogP contribution in [0.25, 0.3) is 0 Å². The Labute approximate surface area is 154 Å². The fourth-order valence-corrected chi connectivity index (χ4v) is 3.52. The van der Waals surface area contributed by atoms with Crippen molar-refractivity contribution in [2.24, 2.45) is 0 Å². The number of benzene rings is 2. The molecule has 0 saturated heterocycles. The van der Waals surface area contributed by atoms with Gasteiger partial charge in [-0.3, -0.25) is 11.6 Å². The van der Waals surface area contributed by atoms with E-state index in [1.54, 1.807) is 60.7 Å². The molecular weight excluding hydrogens is 378 g/mol. The van der Waals surface area contributed by atoms with E-state index < -0.39 is 19.1 Å². The van der Waals surface area contributed by atoms with Crippen LogP contribution in [0.2, 0.25) is 0 Å². The van der Waals surface area contributed by atoms with E-state index in [2.05, 4.69) is 0 Å². The summed E-state index contributed by atoms with van der Waals surface area (Å²) in [5, 5.41) is 0.715. The number of anilines is 1. The highest BCUT2D eigenvalue weighted by Crippen LogP contribution is 2.32. The topological polar surface area (TPSA) is 96.1 Å². The molecule has 0 spiro atoms. The van der Waals surface area contributed by atoms with Crippen LogP contribution in [0.15, 0.2) is 79.0 Å². The van der Waals surface area contributed by atoms with Gasteiger partial charge >= 0.3 is 6.18 Å². The van der Waals surface area contributed by atoms with E-state index in [4.69, 9.17) is 11.6 Å². The molecule has 0 radical (unpaired) electrons. The molecule has 0 bridgehead atoms. The van der Waals surface area contributed by atoms with Crippen molar-refractivity contribution in [2.45, 2.75) is 6.18 Å². The van der Waals surface area contributed by atoms with Crippen molar-refractivity contribution >= 4 is 23.8 Å². The van der Waals surface area contributed by atoms with Gasteiger partial charge in [0, 0.05) is 16.7 Å². The van der Waals surface area contributed by atoms with Gasteiger partial charge in [-0.05, 0) is 6.07 Å². The number of nitrogens with zero attached hydrogens (tertiary/aromatic N) is 1. The summed E-state index contributed by atoms with van der Waals surface area (Å²) < 4.78 is 48.8. The predicted molar refractivity (Wildman–Crippen MR) is 96.0 cm³/mol. The van der Waals surface area contributed by atoms with E-state index in [-0.39, 0.29) is 5.82 Å². The minimum Gasteiger partial charge on any atom is -0.793 e. The Morgan fingerprint density at radius 2 is 1.30 bits per heavy atom. The molecular formula is C18H17F3N3O2P. The Hall–Kier alpha value is -2.83. The Morgan fingerprint density at radius 1 is 0.852 bits per heavy atom. The highest BCUT2D eigenvalue weighted by molar-refractivity contribution is 7.72. The maximum atomic E-state index is 12.1. The summed E-state index contributed by atoms with van der Waals surface area (Å²) >= 11 is 0. The molecule has 2 aromatic carbocycles. The van der Waals surface area contributed by atoms with Crippen LogP contribution < -0.4 is 31.8 Å². The SMILES string of the molecule is Nc1ccc(C(F)(F)F)c[n+]1N.O=P([O-])(c1ccccc1)c1ccccc1. The van der Waals surface area contributed by atoms with Crippen molar-refractivity contribution in [1.82, 2.24) is 0 Å². The van der Waals surface area contributed by atoms with Gasteiger partial charge in [0.05, 0.1) is 12.9 Å². The van der Waals surface area contributed by atoms with E-state index in [1.807, 2.05) is 0 Å². The number of hydrogen-bond acceptors (Lipinski definition) is 4. The van der Waals surface area contributed by atoms with Crippen LogP contribution >= 0.6 is 7.37 Å². The molecule has 0 aliphatic heterocycles. The molecule has 0 amide bonds. The van der Waals surface area contributed by atoms with Gasteiger partial charge in [-0.2, -0.15) is 13.2 Å². The molecule has 0 saturated carbocycles. The number of rotatable bonds is 2. The van der Waals surface area contributed by atoms with Gasteiger partial charge in [0.1, 0.15) is 6.20 Å². The summed E-state index contributed by atoms with van der Waals surface area (Å²) in [7, 11) is -3.65. The molecule has 3 aromatic rings. The second-order valence-electron chi connectivity index (χ2n) is 5.47. The molecule has 0 aliphatic rings. The highest BCUT2D eigenvalue weighted by atomic mass is 31.2. The third kappa shape index (κ3) is 5.32. The quantitative estimate of drug-likeness (QED) is 0.391. The lowest BCUT2D eigenvalue weighted by molar-refractivity contribution is -0.624. The van der Waals surface area contributed by atoms with Crippen molar-refractivity contribution < 1.29 is 27.3 Å². The van der Waals surface area contributed by atoms with Crippen LogP contribution in [0.4, 0.5) is 19.0 Å². The largest absolute Gasteiger partial charge is 0.793 e. The summed E-state index contributed by atoms with van der Waals surface area (Å²) in [4.78, 5) is 12.1. The summed E-state index contributed by atoms with van der Waals surface area (Å²) in [6.45, 7) is 0. The first-order chi connectivity index (χ1) is 12.6. The van der Waals surface area contributed by atoms with Crippen LogP contribution in [0.1, 0.15) is 5.56 Å². The van der Waals surface area contributed by atoms with Gasteiger partial charge in [-0.1, -0.05) is 60.7 Å². The molecule has 1 heterocycles. The first kappa shape index (κ1) is 20.5. The fraction of sp³-hybridized carbons (Fsp3) is 0.0556. The molecule has 0 atom stereocenters. The minimum atomic E-state index is -4.38. The first-order valence-corrected chi connectivity index (χ1v) is 9.30. The zero-order valence-corrected chi connectivity index (χ0v) is 14.9. The third-order valence-electron chi connectivity index (χ3n) is 3.53. The third-order valence-corrected chi connectivity index (χ3v) is 5.49. The Bertz CT molecular complexity index is 892. The Morgan fingerprint density at radius 3 is 1.67 bits per heavy atom. The van der Waals surface area contributed by atoms with E-state index in [9.17, 15) is 22.6 Å². The molecule has 27 heavy (non-hydrogen) atoms. The first-order valence-electron chi connectivity index (χ1n) is 7.68. The predicted octanol–water partition coefficient (Wildman–Crippen LogP) is 1.56. The van der Waals surface area contributed by atoms with Crippen LogP contribution in [0, 0.1) is 0 Å². The molecule has 0 fully saturated rings. The number of hydrogen-bond donors (Lipinski definition) is 2. The number of halogens is 3. The number of nitrogen functional groups attached to an aromatic ring is 2. The fourth-order valence-electron chi connectivity index (χ4n) is 2.09. The van der Waals surface area contributed by atoms with Crippen LogP contribution in [-0.4, -0.2) is 0 Å². The zero-order valence-electron chi connectivity index (χ0n) is 14.0. The van der Waals surface area contributed by atoms with E-state index in [0.29, 0.717) is 10.6 Å². The molecule has 142 valence electrons. The molecule has 9 heteroatoms. The summed E-state index contributed by atoms with van der Waals surface area (Å²) in [6, 6.07) is 18.9. The lowest BCUT2D eigenvalue weighted by atomic mass is 10.3. The van der Waals surface area contributed by atoms with Gasteiger partial charge in [0.2, 0.25) is 0 Å². The smallest absolute Gasteiger partial charge is 0.419 e. The average Bonchev–Trinajstić information content (AvgIpc) is 2.65. The van der Waals surface area contributed by atoms with E-state index >= 15 is 0 Å². The Balaban J connectivity index is 0.000000199. The molecule has 4 N–H and O–H groups in total. The molecule has 0 aliphatic carbocycles. The van der Waals surface area contributed by atoms with E-state index in [0.717, 1.165) is 23.0 Å². The minimum absolute atomic E-state index is 0.0722. The normalized spacial score (nSPS) is 11.4. The van der Waals surface area contributed by atoms with Crippen LogP contribution in [-0.2, 0) is 10.7 Å². The van der Waals surface area contributed by atoms with Crippen molar-refractivity contribution in [3.8, 4) is 0 Å². The van der Waals surface area contributed by atoms with Crippen LogP contribution in [0.5, 0.6) is 0 Å². The maximum absolute atomic E-state index is 12.1. The summed E-state index contributed by atoms with van der Waals surface area (Å²) in [5.41, 5.74) is 4.38. The number of nitrogens with two attached hydrogens (primary N) is 2. The number of alkyl halides is 3. The van der Waals surface area contributed by atoms with Crippen molar-refractivity contribution in [2.75, 3.05) is 11.6 Å². The van der Waals surface area contributed by atoms with Gasteiger partial charge in [-0.25, -0.2) is 0 Å². The average molecular weight is 395 g/mol. The second kappa shape index (κ2) is 8.24. The summed E-state index contributed by atoms with van der Waals surface area (Å²) in [6.07, 6.45) is -3.65. The monoisotopic (exact) mass is 395 g/mol. The number of pyridine rings is 1. The van der Waals surface area contributed by atoms with Crippen molar-refractivity contribution in [1.29, 1.82) is 0 Å².